The summed E-state index contributed by atoms with van der Waals surface area (Å²) in [7, 11) is 0. The van der Waals surface area contributed by atoms with Crippen molar-refractivity contribution in [1.82, 2.24) is 9.55 Å². The summed E-state index contributed by atoms with van der Waals surface area (Å²) in [6.07, 6.45) is 4.34. The maximum atomic E-state index is 10.6. The fourth-order valence-electron chi connectivity index (χ4n) is 1.88. The van der Waals surface area contributed by atoms with Crippen molar-refractivity contribution in [3.63, 3.8) is 0 Å². The molecule has 1 heterocycles. The van der Waals surface area contributed by atoms with Gasteiger partial charge in [-0.2, -0.15) is 0 Å². The molecule has 2 rings (SSSR count). The van der Waals surface area contributed by atoms with Crippen LogP contribution in [0.1, 0.15) is 18.3 Å². The van der Waals surface area contributed by atoms with Crippen molar-refractivity contribution >= 4 is 5.69 Å². The number of benzene rings is 1. The fourth-order valence-corrected chi connectivity index (χ4v) is 1.88. The van der Waals surface area contributed by atoms with E-state index in [0.29, 0.717) is 13.0 Å². The number of imidazole rings is 1. The van der Waals surface area contributed by atoms with Gasteiger partial charge < -0.3 is 10.3 Å². The van der Waals surface area contributed by atoms with Crippen LogP contribution in [0.5, 0.6) is 0 Å². The van der Waals surface area contributed by atoms with Gasteiger partial charge in [0.1, 0.15) is 5.82 Å². The highest BCUT2D eigenvalue weighted by molar-refractivity contribution is 5.33. The predicted octanol–water partition coefficient (Wildman–Crippen LogP) is 1.73. The summed E-state index contributed by atoms with van der Waals surface area (Å²) in [5, 5.41) is 10.6. The molecule has 0 saturated carbocycles. The third-order valence-electron chi connectivity index (χ3n) is 2.81. The summed E-state index contributed by atoms with van der Waals surface area (Å²) in [6, 6.07) is 6.59. The highest BCUT2D eigenvalue weighted by atomic mass is 16.6. The van der Waals surface area contributed by atoms with Crippen LogP contribution < -0.4 is 5.73 Å². The number of hydrogen-bond acceptors (Lipinski definition) is 4. The van der Waals surface area contributed by atoms with Crippen LogP contribution in [0.4, 0.5) is 5.69 Å². The summed E-state index contributed by atoms with van der Waals surface area (Å²) < 4.78 is 2.00. The summed E-state index contributed by atoms with van der Waals surface area (Å²) in [5.74, 6) is 0.924. The molecule has 0 saturated heterocycles. The lowest BCUT2D eigenvalue weighted by atomic mass is 10.2. The first-order chi connectivity index (χ1) is 9.06. The molecule has 0 aliphatic rings. The molecular weight excluding hydrogens is 244 g/mol. The van der Waals surface area contributed by atoms with Gasteiger partial charge in [0, 0.05) is 43.5 Å². The quantitative estimate of drug-likeness (QED) is 0.655. The molecule has 0 radical (unpaired) electrons. The Kier molecular flexibility index (Phi) is 3.91. The second-order valence-electron chi connectivity index (χ2n) is 4.58. The van der Waals surface area contributed by atoms with Gasteiger partial charge in [0.15, 0.2) is 0 Å². The Balaban J connectivity index is 2.12. The average molecular weight is 260 g/mol. The molecule has 2 N–H and O–H groups in total. The van der Waals surface area contributed by atoms with E-state index in [4.69, 9.17) is 5.73 Å². The van der Waals surface area contributed by atoms with E-state index >= 15 is 0 Å². The Labute approximate surface area is 111 Å². The molecule has 6 nitrogen and oxygen atoms in total. The molecule has 1 aromatic heterocycles. The van der Waals surface area contributed by atoms with E-state index in [-0.39, 0.29) is 11.7 Å². The lowest BCUT2D eigenvalue weighted by Gasteiger charge is -2.09. The second-order valence-corrected chi connectivity index (χ2v) is 4.58. The first-order valence-corrected chi connectivity index (χ1v) is 6.05. The Morgan fingerprint density at radius 3 is 2.68 bits per heavy atom. The normalized spacial score (nSPS) is 12.3. The van der Waals surface area contributed by atoms with Gasteiger partial charge in [-0.05, 0) is 12.5 Å². The molecule has 0 amide bonds. The Morgan fingerprint density at radius 1 is 1.42 bits per heavy atom. The standard InChI is InChI=1S/C13H16N4O2/c1-10(14)8-13-15-6-7-16(13)9-11-2-4-12(5-3-11)17(18)19/h2-7,10H,8-9,14H2,1H3. The molecule has 2 aromatic rings. The maximum Gasteiger partial charge on any atom is 0.269 e. The van der Waals surface area contributed by atoms with Crippen LogP contribution in [-0.2, 0) is 13.0 Å². The van der Waals surface area contributed by atoms with Crippen molar-refractivity contribution < 1.29 is 4.92 Å². The number of hydrogen-bond donors (Lipinski definition) is 1. The molecule has 1 atom stereocenters. The topological polar surface area (TPSA) is 87.0 Å². The minimum atomic E-state index is -0.400. The van der Waals surface area contributed by atoms with Crippen molar-refractivity contribution in [1.29, 1.82) is 0 Å². The van der Waals surface area contributed by atoms with Gasteiger partial charge in [-0.15, -0.1) is 0 Å². The van der Waals surface area contributed by atoms with E-state index < -0.39 is 4.92 Å². The van der Waals surface area contributed by atoms with Crippen LogP contribution in [0.3, 0.4) is 0 Å². The molecule has 0 aliphatic carbocycles. The fraction of sp³-hybridized carbons (Fsp3) is 0.308. The van der Waals surface area contributed by atoms with Crippen molar-refractivity contribution in [2.75, 3.05) is 0 Å². The second kappa shape index (κ2) is 5.62. The van der Waals surface area contributed by atoms with Gasteiger partial charge in [0.05, 0.1) is 4.92 Å². The molecule has 0 spiro atoms. The lowest BCUT2D eigenvalue weighted by Crippen LogP contribution is -2.20. The van der Waals surface area contributed by atoms with Crippen molar-refractivity contribution in [2.45, 2.75) is 25.9 Å². The van der Waals surface area contributed by atoms with Crippen LogP contribution in [0.15, 0.2) is 36.7 Å². The highest BCUT2D eigenvalue weighted by Gasteiger charge is 2.08. The Bertz CT molecular complexity index is 560. The Hall–Kier alpha value is -2.21. The van der Waals surface area contributed by atoms with E-state index in [1.807, 2.05) is 17.7 Å². The van der Waals surface area contributed by atoms with Crippen LogP contribution in [0, 0.1) is 10.1 Å². The molecule has 0 aliphatic heterocycles. The minimum Gasteiger partial charge on any atom is -0.330 e. The number of nitrogens with zero attached hydrogens (tertiary/aromatic N) is 3. The third kappa shape index (κ3) is 3.38. The number of nitro groups is 1. The molecule has 100 valence electrons. The van der Waals surface area contributed by atoms with Gasteiger partial charge in [-0.25, -0.2) is 4.98 Å². The van der Waals surface area contributed by atoms with Gasteiger partial charge >= 0.3 is 0 Å². The van der Waals surface area contributed by atoms with E-state index in [1.165, 1.54) is 12.1 Å². The van der Waals surface area contributed by atoms with Gasteiger partial charge in [-0.1, -0.05) is 12.1 Å². The molecular formula is C13H16N4O2. The van der Waals surface area contributed by atoms with Crippen LogP contribution in [-0.4, -0.2) is 20.5 Å². The number of non-ortho nitro benzene ring substituents is 1. The van der Waals surface area contributed by atoms with E-state index in [0.717, 1.165) is 11.4 Å². The number of nitro benzene ring substituents is 1. The van der Waals surface area contributed by atoms with E-state index in [1.54, 1.807) is 18.3 Å². The molecule has 19 heavy (non-hydrogen) atoms. The highest BCUT2D eigenvalue weighted by Crippen LogP contribution is 2.13. The lowest BCUT2D eigenvalue weighted by molar-refractivity contribution is -0.384. The average Bonchev–Trinajstić information content (AvgIpc) is 2.76. The smallest absolute Gasteiger partial charge is 0.269 e. The molecule has 1 aromatic carbocycles. The van der Waals surface area contributed by atoms with Crippen LogP contribution in [0.2, 0.25) is 0 Å². The third-order valence-corrected chi connectivity index (χ3v) is 2.81. The SMILES string of the molecule is CC(N)Cc1nccn1Cc1ccc([N+](=O)[O-])cc1. The summed E-state index contributed by atoms with van der Waals surface area (Å²) in [5.41, 5.74) is 6.87. The van der Waals surface area contributed by atoms with Crippen molar-refractivity contribution in [2.24, 2.45) is 5.73 Å². The maximum absolute atomic E-state index is 10.6. The zero-order valence-corrected chi connectivity index (χ0v) is 10.7. The first kappa shape index (κ1) is 13.2. The van der Waals surface area contributed by atoms with Gasteiger partial charge in [0.2, 0.25) is 0 Å². The van der Waals surface area contributed by atoms with E-state index in [9.17, 15) is 10.1 Å². The molecule has 1 unspecified atom stereocenters. The van der Waals surface area contributed by atoms with Crippen molar-refractivity contribution in [3.8, 4) is 0 Å². The van der Waals surface area contributed by atoms with Gasteiger partial charge in [-0.3, -0.25) is 10.1 Å². The summed E-state index contributed by atoms with van der Waals surface area (Å²) >= 11 is 0. The van der Waals surface area contributed by atoms with Crippen LogP contribution in [0.25, 0.3) is 0 Å². The number of rotatable bonds is 5. The molecule has 0 bridgehead atoms. The monoisotopic (exact) mass is 260 g/mol. The zero-order valence-electron chi connectivity index (χ0n) is 10.7. The van der Waals surface area contributed by atoms with E-state index in [2.05, 4.69) is 4.98 Å². The predicted molar refractivity (Wildman–Crippen MR) is 71.8 cm³/mol. The van der Waals surface area contributed by atoms with Crippen LogP contribution >= 0.6 is 0 Å². The first-order valence-electron chi connectivity index (χ1n) is 6.05. The number of nitrogens with two attached hydrogens (primary N) is 1. The minimum absolute atomic E-state index is 0.0537. The largest absolute Gasteiger partial charge is 0.330 e. The summed E-state index contributed by atoms with van der Waals surface area (Å²) in [4.78, 5) is 14.5. The molecule has 6 heteroatoms. The Morgan fingerprint density at radius 2 is 2.11 bits per heavy atom. The molecule has 0 fully saturated rings. The zero-order chi connectivity index (χ0) is 13.8. The number of aromatic nitrogens is 2. The van der Waals surface area contributed by atoms with Crippen molar-refractivity contribution in [3.05, 3.63) is 58.2 Å². The van der Waals surface area contributed by atoms with Gasteiger partial charge in [0.25, 0.3) is 5.69 Å². The summed E-state index contributed by atoms with van der Waals surface area (Å²) in [6.45, 7) is 2.57.